The van der Waals surface area contributed by atoms with E-state index in [-0.39, 0.29) is 24.6 Å². The third-order valence-corrected chi connectivity index (χ3v) is 5.32. The summed E-state index contributed by atoms with van der Waals surface area (Å²) in [5.41, 5.74) is 3.97. The Morgan fingerprint density at radius 3 is 2.52 bits per heavy atom. The van der Waals surface area contributed by atoms with Crippen LogP contribution in [0.4, 0.5) is 0 Å². The number of methoxy groups -OCH3 is 1. The minimum Gasteiger partial charge on any atom is -0.497 e. The molecule has 1 aromatic carbocycles. The lowest BCUT2D eigenvalue weighted by Gasteiger charge is -2.37. The molecule has 8 heteroatoms. The maximum Gasteiger partial charge on any atom is 0.250 e. The molecule has 0 unspecified atom stereocenters. The summed E-state index contributed by atoms with van der Waals surface area (Å²) in [5.74, 6) is -0.116. The zero-order chi connectivity index (χ0) is 15.7. The molecule has 0 bridgehead atoms. The van der Waals surface area contributed by atoms with Crippen molar-refractivity contribution < 1.29 is 22.7 Å². The first-order valence-corrected chi connectivity index (χ1v) is 7.82. The number of nitrogens with two attached hydrogens (primary N) is 1. The Hall–Kier alpha value is -1.64. The van der Waals surface area contributed by atoms with Crippen molar-refractivity contribution in [2.75, 3.05) is 26.8 Å². The molecule has 1 heterocycles. The number of carbonyl (C=O) groups excluding carboxylic acids is 1. The molecule has 1 fully saturated rings. The summed E-state index contributed by atoms with van der Waals surface area (Å²) in [4.78, 5) is 11.6. The molecule has 1 atom stereocenters. The highest BCUT2D eigenvalue weighted by Crippen LogP contribution is 2.25. The predicted octanol–water partition coefficient (Wildman–Crippen LogP) is -0.0399. The maximum atomic E-state index is 12.6. The van der Waals surface area contributed by atoms with E-state index in [0.29, 0.717) is 5.75 Å². The summed E-state index contributed by atoms with van der Waals surface area (Å²) >= 11 is 0. The van der Waals surface area contributed by atoms with Crippen molar-refractivity contribution in [1.29, 1.82) is 0 Å². The molecule has 1 aromatic rings. The Morgan fingerprint density at radius 2 is 2.00 bits per heavy atom. The number of hydrogen-bond acceptors (Lipinski definition) is 5. The van der Waals surface area contributed by atoms with Crippen molar-refractivity contribution in [3.8, 4) is 5.75 Å². The van der Waals surface area contributed by atoms with E-state index < -0.39 is 21.5 Å². The lowest BCUT2D eigenvalue weighted by atomic mass is 10.1. The molecular weight excluding hydrogens is 296 g/mol. The molecule has 0 aromatic heterocycles. The van der Waals surface area contributed by atoms with Gasteiger partial charge in [-0.2, -0.15) is 4.31 Å². The molecule has 1 aliphatic heterocycles. The quantitative estimate of drug-likeness (QED) is 0.841. The normalized spacial score (nSPS) is 23.7. The monoisotopic (exact) mass is 314 g/mol. The van der Waals surface area contributed by atoms with Gasteiger partial charge in [-0.15, -0.1) is 0 Å². The highest BCUT2D eigenvalue weighted by molar-refractivity contribution is 7.89. The van der Waals surface area contributed by atoms with Crippen molar-refractivity contribution in [2.45, 2.75) is 17.4 Å². The van der Waals surface area contributed by atoms with Crippen LogP contribution in [-0.4, -0.2) is 51.0 Å². The Labute approximate surface area is 123 Å². The summed E-state index contributed by atoms with van der Waals surface area (Å²) in [7, 11) is -2.20. The number of hydrogen-bond donors (Lipinski definition) is 1. The van der Waals surface area contributed by atoms with E-state index in [1.807, 2.05) is 0 Å². The van der Waals surface area contributed by atoms with Crippen molar-refractivity contribution in [2.24, 2.45) is 5.73 Å². The standard InChI is InChI=1S/C13H18N2O5S/c1-13(12(14)16)9-15(7-8-20-13)21(17,18)11-5-3-10(19-2)4-6-11/h3-6H,7-9H2,1-2H3,(H2,14,16)/t13-/m0/s1. The second-order valence-corrected chi connectivity index (χ2v) is 6.90. The maximum absolute atomic E-state index is 12.6. The highest BCUT2D eigenvalue weighted by Gasteiger charge is 2.41. The van der Waals surface area contributed by atoms with Crippen LogP contribution in [0.25, 0.3) is 0 Å². The molecule has 2 rings (SSSR count). The van der Waals surface area contributed by atoms with Gasteiger partial charge in [0.15, 0.2) is 5.60 Å². The molecular formula is C13H18N2O5S. The number of amides is 1. The molecule has 116 valence electrons. The first-order chi connectivity index (χ1) is 9.79. The second-order valence-electron chi connectivity index (χ2n) is 4.96. The Balaban J connectivity index is 2.28. The second kappa shape index (κ2) is 5.63. The van der Waals surface area contributed by atoms with Gasteiger partial charge in [-0.25, -0.2) is 8.42 Å². The van der Waals surface area contributed by atoms with Gasteiger partial charge >= 0.3 is 0 Å². The molecule has 2 N–H and O–H groups in total. The van der Waals surface area contributed by atoms with Gasteiger partial charge in [-0.3, -0.25) is 4.79 Å². The van der Waals surface area contributed by atoms with Crippen LogP contribution >= 0.6 is 0 Å². The summed E-state index contributed by atoms with van der Waals surface area (Å²) < 4.78 is 36.7. The molecule has 0 radical (unpaired) electrons. The number of benzene rings is 1. The van der Waals surface area contributed by atoms with Gasteiger partial charge in [-0.1, -0.05) is 0 Å². The number of primary amides is 1. The van der Waals surface area contributed by atoms with Crippen molar-refractivity contribution in [1.82, 2.24) is 4.31 Å². The molecule has 0 spiro atoms. The van der Waals surface area contributed by atoms with Crippen LogP contribution in [0.5, 0.6) is 5.75 Å². The van der Waals surface area contributed by atoms with Crippen LogP contribution in [0.2, 0.25) is 0 Å². The van der Waals surface area contributed by atoms with Gasteiger partial charge < -0.3 is 15.2 Å². The molecule has 0 aliphatic carbocycles. The van der Waals surface area contributed by atoms with Gasteiger partial charge in [0, 0.05) is 6.54 Å². The van der Waals surface area contributed by atoms with E-state index in [0.717, 1.165) is 0 Å². The molecule has 0 saturated carbocycles. The van der Waals surface area contributed by atoms with Crippen LogP contribution in [0.1, 0.15) is 6.92 Å². The minimum absolute atomic E-state index is 0.101. The SMILES string of the molecule is COc1ccc(S(=O)(=O)N2CCO[C@](C)(C(N)=O)C2)cc1. The van der Waals surface area contributed by atoms with E-state index in [4.69, 9.17) is 15.2 Å². The average molecular weight is 314 g/mol. The van der Waals surface area contributed by atoms with E-state index in [9.17, 15) is 13.2 Å². The van der Waals surface area contributed by atoms with Crippen LogP contribution in [-0.2, 0) is 19.6 Å². The van der Waals surface area contributed by atoms with Crippen molar-refractivity contribution in [3.05, 3.63) is 24.3 Å². The van der Waals surface area contributed by atoms with Gasteiger partial charge in [0.25, 0.3) is 5.91 Å². The fraction of sp³-hybridized carbons (Fsp3) is 0.462. The molecule has 21 heavy (non-hydrogen) atoms. The largest absolute Gasteiger partial charge is 0.497 e. The minimum atomic E-state index is -3.70. The van der Waals surface area contributed by atoms with E-state index in [2.05, 4.69) is 0 Å². The fourth-order valence-electron chi connectivity index (χ4n) is 2.08. The number of carbonyl (C=O) groups is 1. The Bertz CT molecular complexity index is 628. The lowest BCUT2D eigenvalue weighted by molar-refractivity contribution is -0.148. The van der Waals surface area contributed by atoms with Crippen LogP contribution in [0.3, 0.4) is 0 Å². The van der Waals surface area contributed by atoms with Gasteiger partial charge in [0.1, 0.15) is 5.75 Å². The van der Waals surface area contributed by atoms with Crippen molar-refractivity contribution in [3.63, 3.8) is 0 Å². The van der Waals surface area contributed by atoms with Crippen LogP contribution in [0.15, 0.2) is 29.2 Å². The Morgan fingerprint density at radius 1 is 1.38 bits per heavy atom. The molecule has 1 aliphatic rings. The number of ether oxygens (including phenoxy) is 2. The number of morpholine rings is 1. The van der Waals surface area contributed by atoms with E-state index in [1.165, 1.54) is 30.5 Å². The zero-order valence-corrected chi connectivity index (χ0v) is 12.7. The number of nitrogens with zero attached hydrogens (tertiary/aromatic N) is 1. The third kappa shape index (κ3) is 3.02. The van der Waals surface area contributed by atoms with Gasteiger partial charge in [0.2, 0.25) is 10.0 Å². The smallest absolute Gasteiger partial charge is 0.250 e. The van der Waals surface area contributed by atoms with Crippen LogP contribution < -0.4 is 10.5 Å². The lowest BCUT2D eigenvalue weighted by Crippen LogP contribution is -2.58. The molecule has 1 saturated heterocycles. The number of sulfonamides is 1. The summed E-state index contributed by atoms with van der Waals surface area (Å²) in [6, 6.07) is 6.07. The fourth-order valence-corrected chi connectivity index (χ4v) is 3.59. The summed E-state index contributed by atoms with van der Waals surface area (Å²) in [6.45, 7) is 1.69. The van der Waals surface area contributed by atoms with E-state index in [1.54, 1.807) is 12.1 Å². The molecule has 7 nitrogen and oxygen atoms in total. The van der Waals surface area contributed by atoms with E-state index >= 15 is 0 Å². The first kappa shape index (κ1) is 15.7. The number of rotatable bonds is 4. The first-order valence-electron chi connectivity index (χ1n) is 6.38. The highest BCUT2D eigenvalue weighted by atomic mass is 32.2. The van der Waals surface area contributed by atoms with Gasteiger partial charge in [-0.05, 0) is 31.2 Å². The van der Waals surface area contributed by atoms with Gasteiger partial charge in [0.05, 0.1) is 25.2 Å². The zero-order valence-electron chi connectivity index (χ0n) is 11.9. The summed E-state index contributed by atoms with van der Waals surface area (Å²) in [6.07, 6.45) is 0. The molecule has 1 amide bonds. The Kier molecular flexibility index (Phi) is 4.22. The van der Waals surface area contributed by atoms with Crippen molar-refractivity contribution >= 4 is 15.9 Å². The summed E-state index contributed by atoms with van der Waals surface area (Å²) in [5, 5.41) is 0. The topological polar surface area (TPSA) is 98.9 Å². The third-order valence-electron chi connectivity index (χ3n) is 3.46. The van der Waals surface area contributed by atoms with Crippen LogP contribution in [0, 0.1) is 0 Å². The predicted molar refractivity (Wildman–Crippen MR) is 75.3 cm³/mol. The average Bonchev–Trinajstić information content (AvgIpc) is 2.47.